The fourth-order valence-corrected chi connectivity index (χ4v) is 3.43. The molecule has 1 N–H and O–H groups in total. The predicted molar refractivity (Wildman–Crippen MR) is 86.5 cm³/mol. The Morgan fingerprint density at radius 1 is 1.18 bits per heavy atom. The summed E-state index contributed by atoms with van der Waals surface area (Å²) in [7, 11) is 0. The molecule has 1 aromatic rings. The molecular formula is C18H24N2O2. The van der Waals surface area contributed by atoms with E-state index in [1.54, 1.807) is 0 Å². The minimum Gasteiger partial charge on any atom is -0.390 e. The van der Waals surface area contributed by atoms with Gasteiger partial charge in [-0.15, -0.1) is 6.42 Å². The standard InChI is InChI=1S/C18H24N2O2/c1-2-15-3-5-16(6-4-15)13-19-8-7-17(18(21)14-19)20-9-11-22-12-10-20/h1,3-6,17-18,21H,7-14H2/t17-,18-/m1/s1. The van der Waals surface area contributed by atoms with Gasteiger partial charge in [-0.05, 0) is 24.1 Å². The van der Waals surface area contributed by atoms with Crippen LogP contribution in [0, 0.1) is 12.3 Å². The monoisotopic (exact) mass is 300 g/mol. The van der Waals surface area contributed by atoms with E-state index in [4.69, 9.17) is 11.2 Å². The van der Waals surface area contributed by atoms with Crippen LogP contribution in [0.15, 0.2) is 24.3 Å². The molecule has 0 bridgehead atoms. The van der Waals surface area contributed by atoms with Gasteiger partial charge in [0.2, 0.25) is 0 Å². The first-order valence-corrected chi connectivity index (χ1v) is 8.04. The highest BCUT2D eigenvalue weighted by atomic mass is 16.5. The molecule has 0 saturated carbocycles. The van der Waals surface area contributed by atoms with Crippen molar-refractivity contribution in [2.75, 3.05) is 39.4 Å². The smallest absolute Gasteiger partial charge is 0.0822 e. The molecule has 4 nitrogen and oxygen atoms in total. The molecule has 4 heteroatoms. The second-order valence-electron chi connectivity index (χ2n) is 6.15. The average Bonchev–Trinajstić information content (AvgIpc) is 2.56. The number of β-amino-alcohol motifs (C(OH)–C–C–N with tert-alkyl or cyclic N) is 1. The molecule has 2 aliphatic heterocycles. The SMILES string of the molecule is C#Cc1ccc(CN2CC[C@@H](N3CCOCC3)[C@H](O)C2)cc1. The number of benzene rings is 1. The molecule has 0 unspecified atom stereocenters. The Morgan fingerprint density at radius 2 is 1.91 bits per heavy atom. The lowest BCUT2D eigenvalue weighted by molar-refractivity contribution is -0.0534. The lowest BCUT2D eigenvalue weighted by atomic mass is 9.99. The third-order valence-electron chi connectivity index (χ3n) is 4.67. The van der Waals surface area contributed by atoms with Crippen LogP contribution in [0.5, 0.6) is 0 Å². The summed E-state index contributed by atoms with van der Waals surface area (Å²) in [5.74, 6) is 2.64. The van der Waals surface area contributed by atoms with Gasteiger partial charge in [0, 0.05) is 44.3 Å². The van der Waals surface area contributed by atoms with Crippen molar-refractivity contribution in [1.29, 1.82) is 0 Å². The van der Waals surface area contributed by atoms with E-state index in [-0.39, 0.29) is 12.1 Å². The highest BCUT2D eigenvalue weighted by Crippen LogP contribution is 2.20. The summed E-state index contributed by atoms with van der Waals surface area (Å²) in [6.07, 6.45) is 6.12. The molecule has 3 rings (SSSR count). The van der Waals surface area contributed by atoms with Crippen LogP contribution >= 0.6 is 0 Å². The number of hydrogen-bond donors (Lipinski definition) is 1. The fraction of sp³-hybridized carbons (Fsp3) is 0.556. The second kappa shape index (κ2) is 7.26. The zero-order valence-electron chi connectivity index (χ0n) is 12.9. The van der Waals surface area contributed by atoms with Gasteiger partial charge in [-0.1, -0.05) is 18.1 Å². The second-order valence-corrected chi connectivity index (χ2v) is 6.15. The molecule has 0 aromatic heterocycles. The summed E-state index contributed by atoms with van der Waals surface area (Å²) in [5.41, 5.74) is 2.16. The van der Waals surface area contributed by atoms with Gasteiger partial charge in [0.05, 0.1) is 19.3 Å². The van der Waals surface area contributed by atoms with Crippen LogP contribution in [-0.2, 0) is 11.3 Å². The van der Waals surface area contributed by atoms with E-state index in [0.717, 1.165) is 57.9 Å². The zero-order chi connectivity index (χ0) is 15.4. The third-order valence-corrected chi connectivity index (χ3v) is 4.67. The molecule has 22 heavy (non-hydrogen) atoms. The van der Waals surface area contributed by atoms with Crippen LogP contribution in [0.2, 0.25) is 0 Å². The van der Waals surface area contributed by atoms with Crippen molar-refractivity contribution in [3.05, 3.63) is 35.4 Å². The van der Waals surface area contributed by atoms with E-state index in [1.807, 2.05) is 12.1 Å². The summed E-state index contributed by atoms with van der Waals surface area (Å²) in [6.45, 7) is 6.08. The van der Waals surface area contributed by atoms with Crippen LogP contribution < -0.4 is 0 Å². The van der Waals surface area contributed by atoms with Crippen molar-refractivity contribution < 1.29 is 9.84 Å². The molecule has 1 aromatic carbocycles. The van der Waals surface area contributed by atoms with Crippen LogP contribution in [0.3, 0.4) is 0 Å². The Hall–Kier alpha value is -1.38. The number of piperidine rings is 1. The van der Waals surface area contributed by atoms with Gasteiger partial charge in [0.25, 0.3) is 0 Å². The van der Waals surface area contributed by atoms with Crippen molar-refractivity contribution in [3.8, 4) is 12.3 Å². The highest BCUT2D eigenvalue weighted by Gasteiger charge is 2.32. The van der Waals surface area contributed by atoms with Crippen molar-refractivity contribution in [2.24, 2.45) is 0 Å². The molecule has 2 heterocycles. The van der Waals surface area contributed by atoms with E-state index < -0.39 is 0 Å². The largest absolute Gasteiger partial charge is 0.390 e. The number of rotatable bonds is 3. The maximum atomic E-state index is 10.5. The number of likely N-dealkylation sites (tertiary alicyclic amines) is 1. The first kappa shape index (κ1) is 15.5. The van der Waals surface area contributed by atoms with Crippen molar-refractivity contribution in [3.63, 3.8) is 0 Å². The number of morpholine rings is 1. The highest BCUT2D eigenvalue weighted by molar-refractivity contribution is 5.34. The summed E-state index contributed by atoms with van der Waals surface area (Å²) in [4.78, 5) is 4.71. The van der Waals surface area contributed by atoms with E-state index in [0.29, 0.717) is 0 Å². The third kappa shape index (κ3) is 3.68. The minimum absolute atomic E-state index is 0.281. The summed E-state index contributed by atoms with van der Waals surface area (Å²) >= 11 is 0. The fourth-order valence-electron chi connectivity index (χ4n) is 3.43. The molecule has 2 fully saturated rings. The maximum Gasteiger partial charge on any atom is 0.0822 e. The van der Waals surface area contributed by atoms with Crippen molar-refractivity contribution in [1.82, 2.24) is 9.80 Å². The Balaban J connectivity index is 1.54. The number of nitrogens with zero attached hydrogens (tertiary/aromatic N) is 2. The quantitative estimate of drug-likeness (QED) is 0.843. The topological polar surface area (TPSA) is 35.9 Å². The van der Waals surface area contributed by atoms with E-state index in [2.05, 4.69) is 27.9 Å². The molecule has 2 aliphatic rings. The number of ether oxygens (including phenoxy) is 1. The Morgan fingerprint density at radius 3 is 2.55 bits per heavy atom. The summed E-state index contributed by atoms with van der Waals surface area (Å²) in [5, 5.41) is 10.5. The van der Waals surface area contributed by atoms with E-state index >= 15 is 0 Å². The molecule has 0 aliphatic carbocycles. The van der Waals surface area contributed by atoms with E-state index in [1.165, 1.54) is 5.56 Å². The molecule has 118 valence electrons. The summed E-state index contributed by atoms with van der Waals surface area (Å²) in [6, 6.07) is 8.40. The van der Waals surface area contributed by atoms with Gasteiger partial charge in [-0.3, -0.25) is 9.80 Å². The number of terminal acetylenes is 1. The summed E-state index contributed by atoms with van der Waals surface area (Å²) < 4.78 is 5.40. The molecular weight excluding hydrogens is 276 g/mol. The average molecular weight is 300 g/mol. The van der Waals surface area contributed by atoms with Crippen LogP contribution in [0.1, 0.15) is 17.5 Å². The van der Waals surface area contributed by atoms with Gasteiger partial charge in [-0.2, -0.15) is 0 Å². The van der Waals surface area contributed by atoms with Crippen LogP contribution in [-0.4, -0.2) is 66.4 Å². The van der Waals surface area contributed by atoms with Crippen molar-refractivity contribution in [2.45, 2.75) is 25.1 Å². The molecule has 2 atom stereocenters. The lowest BCUT2D eigenvalue weighted by Crippen LogP contribution is -2.56. The first-order valence-electron chi connectivity index (χ1n) is 8.04. The van der Waals surface area contributed by atoms with Gasteiger partial charge in [-0.25, -0.2) is 0 Å². The maximum absolute atomic E-state index is 10.5. The Kier molecular flexibility index (Phi) is 5.12. The van der Waals surface area contributed by atoms with Gasteiger partial charge in [0.15, 0.2) is 0 Å². The lowest BCUT2D eigenvalue weighted by Gasteiger charge is -2.43. The Bertz CT molecular complexity index is 517. The number of hydrogen-bond acceptors (Lipinski definition) is 4. The predicted octanol–water partition coefficient (Wildman–Crippen LogP) is 0.935. The number of aliphatic hydroxyl groups excluding tert-OH is 1. The normalized spacial score (nSPS) is 27.5. The van der Waals surface area contributed by atoms with Crippen LogP contribution in [0.4, 0.5) is 0 Å². The number of aliphatic hydroxyl groups is 1. The van der Waals surface area contributed by atoms with Gasteiger partial charge in [0.1, 0.15) is 0 Å². The molecule has 0 amide bonds. The Labute approximate surface area is 132 Å². The molecule has 0 radical (unpaired) electrons. The zero-order valence-corrected chi connectivity index (χ0v) is 12.9. The molecule has 2 saturated heterocycles. The first-order chi connectivity index (χ1) is 10.8. The molecule has 0 spiro atoms. The van der Waals surface area contributed by atoms with Crippen LogP contribution in [0.25, 0.3) is 0 Å². The van der Waals surface area contributed by atoms with E-state index in [9.17, 15) is 5.11 Å². The minimum atomic E-state index is -0.281. The van der Waals surface area contributed by atoms with Crippen molar-refractivity contribution >= 4 is 0 Å². The van der Waals surface area contributed by atoms with Gasteiger partial charge >= 0.3 is 0 Å². The van der Waals surface area contributed by atoms with Gasteiger partial charge < -0.3 is 9.84 Å².